The zero-order valence-electron chi connectivity index (χ0n) is 7.41. The van der Waals surface area contributed by atoms with Gasteiger partial charge in [-0.15, -0.1) is 0 Å². The first-order chi connectivity index (χ1) is 7.09. The molecule has 2 rings (SSSR count). The molecular formula is C10H5FNO3-. The number of nitrogens with one attached hydrogen (secondary N) is 1. The summed E-state index contributed by atoms with van der Waals surface area (Å²) in [5.41, 5.74) is -0.872. The number of pyridine rings is 1. The van der Waals surface area contributed by atoms with E-state index in [0.717, 1.165) is 12.3 Å². The number of aromatic nitrogens is 1. The molecule has 1 heterocycles. The molecule has 0 aliphatic carbocycles. The topological polar surface area (TPSA) is 73.0 Å². The van der Waals surface area contributed by atoms with Crippen LogP contribution in [0.5, 0.6) is 0 Å². The molecule has 4 nitrogen and oxygen atoms in total. The van der Waals surface area contributed by atoms with Crippen LogP contribution >= 0.6 is 0 Å². The van der Waals surface area contributed by atoms with Crippen molar-refractivity contribution in [1.29, 1.82) is 0 Å². The van der Waals surface area contributed by atoms with Crippen LogP contribution in [-0.4, -0.2) is 11.0 Å². The number of hydrogen-bond acceptors (Lipinski definition) is 3. The maximum atomic E-state index is 12.8. The van der Waals surface area contributed by atoms with Crippen molar-refractivity contribution in [2.24, 2.45) is 0 Å². The van der Waals surface area contributed by atoms with E-state index in [1.165, 1.54) is 12.1 Å². The number of carboxylic acid groups (broad SMARTS) is 1. The van der Waals surface area contributed by atoms with Crippen molar-refractivity contribution < 1.29 is 14.3 Å². The first-order valence-corrected chi connectivity index (χ1v) is 4.12. The third-order valence-corrected chi connectivity index (χ3v) is 2.06. The Morgan fingerprint density at radius 2 is 2.13 bits per heavy atom. The summed E-state index contributed by atoms with van der Waals surface area (Å²) in [5, 5.41) is 10.5. The van der Waals surface area contributed by atoms with Crippen LogP contribution in [0.3, 0.4) is 0 Å². The molecule has 0 bridgehead atoms. The first-order valence-electron chi connectivity index (χ1n) is 4.12. The zero-order chi connectivity index (χ0) is 11.0. The number of fused-ring (bicyclic) bond motifs is 1. The standard InChI is InChI=1S/C10H6FNO3/c11-5-1-2-8-6(3-5)9(13)7(4-12-8)10(14)15/h1-4H,(H,12,13)(H,14,15)/p-1. The van der Waals surface area contributed by atoms with Crippen molar-refractivity contribution in [1.82, 2.24) is 4.98 Å². The maximum absolute atomic E-state index is 12.8. The number of rotatable bonds is 1. The van der Waals surface area contributed by atoms with Gasteiger partial charge in [0.25, 0.3) is 0 Å². The van der Waals surface area contributed by atoms with E-state index in [2.05, 4.69) is 4.98 Å². The number of aromatic amines is 1. The van der Waals surface area contributed by atoms with Crippen LogP contribution in [0, 0.1) is 5.82 Å². The van der Waals surface area contributed by atoms with E-state index in [-0.39, 0.29) is 5.39 Å². The Morgan fingerprint density at radius 3 is 2.80 bits per heavy atom. The van der Waals surface area contributed by atoms with Gasteiger partial charge in [-0.3, -0.25) is 4.79 Å². The third kappa shape index (κ3) is 1.48. The van der Waals surface area contributed by atoms with Gasteiger partial charge in [0.05, 0.1) is 11.5 Å². The van der Waals surface area contributed by atoms with Crippen LogP contribution in [-0.2, 0) is 0 Å². The summed E-state index contributed by atoms with van der Waals surface area (Å²) in [7, 11) is 0. The van der Waals surface area contributed by atoms with E-state index in [9.17, 15) is 19.1 Å². The van der Waals surface area contributed by atoms with Gasteiger partial charge in [0.15, 0.2) is 5.43 Å². The van der Waals surface area contributed by atoms with Gasteiger partial charge < -0.3 is 14.9 Å². The molecule has 0 saturated carbocycles. The Morgan fingerprint density at radius 1 is 1.40 bits per heavy atom. The predicted octanol–water partition coefficient (Wildman–Crippen LogP) is 0.0307. The van der Waals surface area contributed by atoms with E-state index in [1.807, 2.05) is 0 Å². The minimum atomic E-state index is -1.58. The first kappa shape index (κ1) is 9.39. The van der Waals surface area contributed by atoms with Crippen molar-refractivity contribution in [2.45, 2.75) is 0 Å². The Labute approximate surface area is 83.0 Å². The summed E-state index contributed by atoms with van der Waals surface area (Å²) in [6.45, 7) is 0. The highest BCUT2D eigenvalue weighted by Gasteiger charge is 2.06. The minimum absolute atomic E-state index is 0.00306. The van der Waals surface area contributed by atoms with E-state index in [1.54, 1.807) is 0 Å². The average molecular weight is 206 g/mol. The van der Waals surface area contributed by atoms with Crippen LogP contribution in [0.1, 0.15) is 10.4 Å². The smallest absolute Gasteiger partial charge is 0.198 e. The lowest BCUT2D eigenvalue weighted by atomic mass is 10.1. The van der Waals surface area contributed by atoms with Gasteiger partial charge in [-0.1, -0.05) is 0 Å². The molecule has 0 fully saturated rings. The molecule has 1 aromatic heterocycles. The van der Waals surface area contributed by atoms with Crippen LogP contribution < -0.4 is 10.5 Å². The molecule has 1 N–H and O–H groups in total. The summed E-state index contributed by atoms with van der Waals surface area (Å²) in [5.74, 6) is -2.18. The molecule has 0 saturated heterocycles. The monoisotopic (exact) mass is 206 g/mol. The van der Waals surface area contributed by atoms with Crippen LogP contribution in [0.25, 0.3) is 10.9 Å². The molecule has 0 aliphatic rings. The lowest BCUT2D eigenvalue weighted by Gasteiger charge is -2.03. The molecule has 0 aliphatic heterocycles. The predicted molar refractivity (Wildman–Crippen MR) is 48.9 cm³/mol. The minimum Gasteiger partial charge on any atom is -0.545 e. The molecule has 0 spiro atoms. The number of carbonyl (C=O) groups excluding carboxylic acids is 1. The Kier molecular flexibility index (Phi) is 2.00. The molecule has 0 amide bonds. The molecule has 5 heteroatoms. The molecular weight excluding hydrogens is 201 g/mol. The summed E-state index contributed by atoms with van der Waals surface area (Å²) in [6, 6.07) is 3.53. The fraction of sp³-hybridized carbons (Fsp3) is 0. The van der Waals surface area contributed by atoms with E-state index in [4.69, 9.17) is 0 Å². The second kappa shape index (κ2) is 3.20. The largest absolute Gasteiger partial charge is 0.545 e. The molecule has 0 atom stereocenters. The number of H-pyrrole nitrogens is 1. The number of carboxylic acids is 1. The van der Waals surface area contributed by atoms with Crippen molar-refractivity contribution in [3.63, 3.8) is 0 Å². The Hall–Kier alpha value is -2.17. The second-order valence-electron chi connectivity index (χ2n) is 3.01. The van der Waals surface area contributed by atoms with Gasteiger partial charge in [-0.2, -0.15) is 0 Å². The normalized spacial score (nSPS) is 10.5. The number of hydrogen-bond donors (Lipinski definition) is 1. The van der Waals surface area contributed by atoms with Gasteiger partial charge in [0, 0.05) is 17.1 Å². The lowest BCUT2D eigenvalue weighted by Crippen LogP contribution is -2.29. The number of aromatic carboxylic acids is 1. The molecule has 15 heavy (non-hydrogen) atoms. The highest BCUT2D eigenvalue weighted by atomic mass is 19.1. The Balaban J connectivity index is 2.89. The van der Waals surface area contributed by atoms with Gasteiger partial charge in [0.2, 0.25) is 0 Å². The Bertz CT molecular complexity index is 603. The van der Waals surface area contributed by atoms with E-state index in [0.29, 0.717) is 5.52 Å². The summed E-state index contributed by atoms with van der Waals surface area (Å²) in [4.78, 5) is 24.6. The third-order valence-electron chi connectivity index (χ3n) is 2.06. The van der Waals surface area contributed by atoms with Crippen LogP contribution in [0.15, 0.2) is 29.2 Å². The van der Waals surface area contributed by atoms with Crippen molar-refractivity contribution in [3.8, 4) is 0 Å². The summed E-state index contributed by atoms with van der Waals surface area (Å²) in [6.07, 6.45) is 1.04. The van der Waals surface area contributed by atoms with Crippen molar-refractivity contribution in [3.05, 3.63) is 46.0 Å². The molecule has 2 aromatic rings. The van der Waals surface area contributed by atoms with Crippen LogP contribution in [0.4, 0.5) is 4.39 Å². The maximum Gasteiger partial charge on any atom is 0.198 e. The molecule has 1 aromatic carbocycles. The second-order valence-corrected chi connectivity index (χ2v) is 3.01. The molecule has 0 radical (unpaired) electrons. The van der Waals surface area contributed by atoms with Gasteiger partial charge in [-0.25, -0.2) is 4.39 Å². The van der Waals surface area contributed by atoms with E-state index >= 15 is 0 Å². The quantitative estimate of drug-likeness (QED) is 0.715. The van der Waals surface area contributed by atoms with Crippen LogP contribution in [0.2, 0.25) is 0 Å². The van der Waals surface area contributed by atoms with Gasteiger partial charge in [0.1, 0.15) is 5.82 Å². The zero-order valence-corrected chi connectivity index (χ0v) is 7.41. The summed E-state index contributed by atoms with van der Waals surface area (Å²) >= 11 is 0. The number of carbonyl (C=O) groups is 1. The molecule has 0 unspecified atom stereocenters. The van der Waals surface area contributed by atoms with Crippen molar-refractivity contribution >= 4 is 16.9 Å². The van der Waals surface area contributed by atoms with E-state index < -0.39 is 22.8 Å². The lowest BCUT2D eigenvalue weighted by molar-refractivity contribution is -0.255. The fourth-order valence-electron chi connectivity index (χ4n) is 1.34. The average Bonchev–Trinajstić information content (AvgIpc) is 2.19. The fourth-order valence-corrected chi connectivity index (χ4v) is 1.34. The highest BCUT2D eigenvalue weighted by Crippen LogP contribution is 2.09. The SMILES string of the molecule is O=C([O-])c1c[nH]c2ccc(F)cc2c1=O. The molecule has 76 valence electrons. The van der Waals surface area contributed by atoms with Gasteiger partial charge >= 0.3 is 0 Å². The highest BCUT2D eigenvalue weighted by molar-refractivity contribution is 5.90. The number of benzene rings is 1. The van der Waals surface area contributed by atoms with Crippen molar-refractivity contribution in [2.75, 3.05) is 0 Å². The summed E-state index contributed by atoms with van der Waals surface area (Å²) < 4.78 is 12.8. The number of halogens is 1. The van der Waals surface area contributed by atoms with Gasteiger partial charge in [-0.05, 0) is 18.2 Å².